The topological polar surface area (TPSA) is 101 Å². The highest BCUT2D eigenvalue weighted by Gasteiger charge is 2.13. The van der Waals surface area contributed by atoms with Gasteiger partial charge in [-0.2, -0.15) is 8.42 Å². The van der Waals surface area contributed by atoms with E-state index in [1.807, 2.05) is 0 Å². The number of aromatic carboxylic acids is 1. The SMILES string of the molecule is Cc1cc(S(=O)(=O)O)ccc1OCc1ccccc1C(=O)O. The van der Waals surface area contributed by atoms with Crippen LogP contribution in [0.25, 0.3) is 0 Å². The average Bonchev–Trinajstić information content (AvgIpc) is 2.45. The Kier molecular flexibility index (Phi) is 4.48. The molecule has 0 unspecified atom stereocenters. The fraction of sp³-hybridized carbons (Fsp3) is 0.133. The predicted molar refractivity (Wildman–Crippen MR) is 78.7 cm³/mol. The number of ether oxygens (including phenoxy) is 1. The second-order valence-electron chi connectivity index (χ2n) is 4.65. The van der Waals surface area contributed by atoms with Crippen LogP contribution in [0, 0.1) is 6.92 Å². The molecule has 0 radical (unpaired) electrons. The lowest BCUT2D eigenvalue weighted by Gasteiger charge is -2.11. The van der Waals surface area contributed by atoms with Crippen molar-refractivity contribution in [2.45, 2.75) is 18.4 Å². The van der Waals surface area contributed by atoms with Crippen molar-refractivity contribution in [3.8, 4) is 5.75 Å². The Morgan fingerprint density at radius 1 is 1.18 bits per heavy atom. The van der Waals surface area contributed by atoms with Gasteiger partial charge >= 0.3 is 5.97 Å². The molecule has 7 heteroatoms. The fourth-order valence-electron chi connectivity index (χ4n) is 1.95. The third-order valence-electron chi connectivity index (χ3n) is 3.08. The van der Waals surface area contributed by atoms with Crippen LogP contribution in [0.5, 0.6) is 5.75 Å². The monoisotopic (exact) mass is 322 g/mol. The molecule has 0 aliphatic heterocycles. The van der Waals surface area contributed by atoms with Crippen LogP contribution in [0.4, 0.5) is 0 Å². The molecule has 0 heterocycles. The summed E-state index contributed by atoms with van der Waals surface area (Å²) < 4.78 is 36.6. The zero-order valence-electron chi connectivity index (χ0n) is 11.7. The summed E-state index contributed by atoms with van der Waals surface area (Å²) in [5.74, 6) is -0.634. The van der Waals surface area contributed by atoms with Gasteiger partial charge in [-0.15, -0.1) is 0 Å². The zero-order chi connectivity index (χ0) is 16.3. The summed E-state index contributed by atoms with van der Waals surface area (Å²) >= 11 is 0. The summed E-state index contributed by atoms with van der Waals surface area (Å²) in [5.41, 5.74) is 1.17. The Bertz CT molecular complexity index is 811. The number of hydrogen-bond donors (Lipinski definition) is 2. The molecule has 0 amide bonds. The molecule has 0 fully saturated rings. The molecule has 0 aliphatic rings. The van der Waals surface area contributed by atoms with Gasteiger partial charge in [-0.05, 0) is 36.8 Å². The van der Waals surface area contributed by atoms with Crippen LogP contribution in [0.3, 0.4) is 0 Å². The molecule has 0 bridgehead atoms. The van der Waals surface area contributed by atoms with Gasteiger partial charge in [0.1, 0.15) is 12.4 Å². The molecule has 0 aliphatic carbocycles. The summed E-state index contributed by atoms with van der Waals surface area (Å²) in [7, 11) is -4.26. The van der Waals surface area contributed by atoms with E-state index in [0.717, 1.165) is 0 Å². The van der Waals surface area contributed by atoms with Gasteiger partial charge in [0, 0.05) is 5.56 Å². The van der Waals surface area contributed by atoms with Crippen LogP contribution in [-0.2, 0) is 16.7 Å². The van der Waals surface area contributed by atoms with E-state index in [1.165, 1.54) is 24.3 Å². The first-order valence-corrected chi connectivity index (χ1v) is 7.75. The third kappa shape index (κ3) is 3.63. The number of carboxylic acid groups (broad SMARTS) is 1. The Hall–Kier alpha value is -2.38. The van der Waals surface area contributed by atoms with Gasteiger partial charge in [-0.3, -0.25) is 4.55 Å². The molecule has 0 spiro atoms. The molecule has 0 aromatic heterocycles. The van der Waals surface area contributed by atoms with Crippen molar-refractivity contribution < 1.29 is 27.6 Å². The molecule has 2 aromatic rings. The Balaban J connectivity index is 2.21. The van der Waals surface area contributed by atoms with Gasteiger partial charge in [0.2, 0.25) is 0 Å². The number of carbonyl (C=O) groups is 1. The third-order valence-corrected chi connectivity index (χ3v) is 3.92. The van der Waals surface area contributed by atoms with Gasteiger partial charge < -0.3 is 9.84 Å². The summed E-state index contributed by atoms with van der Waals surface area (Å²) in [6, 6.07) is 10.4. The minimum absolute atomic E-state index is 0.0362. The van der Waals surface area contributed by atoms with E-state index < -0.39 is 16.1 Å². The highest BCUT2D eigenvalue weighted by Crippen LogP contribution is 2.23. The second-order valence-corrected chi connectivity index (χ2v) is 6.07. The fourth-order valence-corrected chi connectivity index (χ4v) is 2.52. The maximum Gasteiger partial charge on any atom is 0.336 e. The molecule has 6 nitrogen and oxygen atoms in total. The highest BCUT2D eigenvalue weighted by molar-refractivity contribution is 7.85. The summed E-state index contributed by atoms with van der Waals surface area (Å²) in [4.78, 5) is 10.9. The van der Waals surface area contributed by atoms with Crippen LogP contribution in [0.15, 0.2) is 47.4 Å². The summed E-state index contributed by atoms with van der Waals surface area (Å²) in [6.45, 7) is 1.67. The standard InChI is InChI=1S/C15H14O6S/c1-10-8-12(22(18,19)20)6-7-14(10)21-9-11-4-2-3-5-13(11)15(16)17/h2-8H,9H2,1H3,(H,16,17)(H,18,19,20). The van der Waals surface area contributed by atoms with Crippen LogP contribution in [-0.4, -0.2) is 24.0 Å². The molecule has 0 saturated heterocycles. The quantitative estimate of drug-likeness (QED) is 0.820. The van der Waals surface area contributed by atoms with E-state index in [0.29, 0.717) is 16.9 Å². The lowest BCUT2D eigenvalue weighted by molar-refractivity contribution is 0.0694. The number of benzene rings is 2. The van der Waals surface area contributed by atoms with E-state index in [1.54, 1.807) is 25.1 Å². The van der Waals surface area contributed by atoms with Gasteiger partial charge in [-0.1, -0.05) is 18.2 Å². The van der Waals surface area contributed by atoms with Gasteiger partial charge in [0.05, 0.1) is 10.5 Å². The van der Waals surface area contributed by atoms with Gasteiger partial charge in [0.15, 0.2) is 0 Å². The van der Waals surface area contributed by atoms with Crippen LogP contribution in [0.2, 0.25) is 0 Å². The molecule has 2 N–H and O–H groups in total. The molecule has 2 rings (SSSR count). The van der Waals surface area contributed by atoms with Crippen LogP contribution < -0.4 is 4.74 Å². The molecule has 0 saturated carbocycles. The maximum atomic E-state index is 11.1. The van der Waals surface area contributed by atoms with Gasteiger partial charge in [-0.25, -0.2) is 4.79 Å². The van der Waals surface area contributed by atoms with Crippen molar-refractivity contribution in [3.05, 3.63) is 59.2 Å². The first-order valence-electron chi connectivity index (χ1n) is 6.31. The predicted octanol–water partition coefficient (Wildman–Crippen LogP) is 2.52. The minimum Gasteiger partial charge on any atom is -0.489 e. The van der Waals surface area contributed by atoms with Crippen molar-refractivity contribution in [2.24, 2.45) is 0 Å². The first kappa shape index (κ1) is 16.0. The van der Waals surface area contributed by atoms with E-state index in [-0.39, 0.29) is 17.1 Å². The molecule has 22 heavy (non-hydrogen) atoms. The average molecular weight is 322 g/mol. The second kappa shape index (κ2) is 6.17. The molecule has 0 atom stereocenters. The number of aryl methyl sites for hydroxylation is 1. The smallest absolute Gasteiger partial charge is 0.336 e. The first-order chi connectivity index (χ1) is 10.3. The largest absolute Gasteiger partial charge is 0.489 e. The van der Waals surface area contributed by atoms with Crippen molar-refractivity contribution >= 4 is 16.1 Å². The number of rotatable bonds is 5. The van der Waals surface area contributed by atoms with E-state index in [4.69, 9.17) is 14.4 Å². The van der Waals surface area contributed by atoms with Gasteiger partial charge in [0.25, 0.3) is 10.1 Å². The number of hydrogen-bond acceptors (Lipinski definition) is 4. The normalized spacial score (nSPS) is 11.2. The summed E-state index contributed by atoms with van der Waals surface area (Å²) in [5, 5.41) is 9.09. The molecule has 2 aromatic carbocycles. The van der Waals surface area contributed by atoms with Crippen LogP contribution in [0.1, 0.15) is 21.5 Å². The number of carboxylic acids is 1. The molecular weight excluding hydrogens is 308 g/mol. The lowest BCUT2D eigenvalue weighted by Crippen LogP contribution is -2.06. The van der Waals surface area contributed by atoms with Crippen molar-refractivity contribution in [2.75, 3.05) is 0 Å². The zero-order valence-corrected chi connectivity index (χ0v) is 12.5. The van der Waals surface area contributed by atoms with Crippen molar-refractivity contribution in [3.63, 3.8) is 0 Å². The van der Waals surface area contributed by atoms with E-state index in [9.17, 15) is 13.2 Å². The Morgan fingerprint density at radius 2 is 1.86 bits per heavy atom. The molecule has 116 valence electrons. The van der Waals surface area contributed by atoms with E-state index in [2.05, 4.69) is 0 Å². The summed E-state index contributed by atoms with van der Waals surface area (Å²) in [6.07, 6.45) is 0. The van der Waals surface area contributed by atoms with Crippen molar-refractivity contribution in [1.29, 1.82) is 0 Å². The van der Waals surface area contributed by atoms with E-state index >= 15 is 0 Å². The lowest BCUT2D eigenvalue weighted by atomic mass is 10.1. The minimum atomic E-state index is -4.26. The Labute approximate surface area is 127 Å². The maximum absolute atomic E-state index is 11.1. The van der Waals surface area contributed by atoms with Crippen LogP contribution >= 0.6 is 0 Å². The molecular formula is C15H14O6S. The Morgan fingerprint density at radius 3 is 2.45 bits per heavy atom. The highest BCUT2D eigenvalue weighted by atomic mass is 32.2. The van der Waals surface area contributed by atoms with Crippen molar-refractivity contribution in [1.82, 2.24) is 0 Å².